The molecule has 0 radical (unpaired) electrons. The highest BCUT2D eigenvalue weighted by molar-refractivity contribution is 9.10. The number of rotatable bonds is 7. The number of nitrogens with zero attached hydrogens (tertiary/aromatic N) is 1. The van der Waals surface area contributed by atoms with E-state index in [2.05, 4.69) is 52.1 Å². The first-order valence-electron chi connectivity index (χ1n) is 10.3. The maximum Gasteiger partial charge on any atom is 0.254 e. The topological polar surface area (TPSA) is 45.3 Å². The fourth-order valence-corrected chi connectivity index (χ4v) is 3.95. The van der Waals surface area contributed by atoms with Crippen molar-refractivity contribution in [3.8, 4) is 5.75 Å². The Hall–Kier alpha value is -3.05. The molecular weight excluding hydrogens is 452 g/mol. The second-order valence-corrected chi connectivity index (χ2v) is 8.61. The summed E-state index contributed by atoms with van der Waals surface area (Å²) in [6.45, 7) is 3.26. The maximum atomic E-state index is 13.3. The highest BCUT2D eigenvalue weighted by atomic mass is 79.9. The number of hydrogen-bond acceptors (Lipinski definition) is 2. The molecule has 4 rings (SSSR count). The number of halogens is 1. The van der Waals surface area contributed by atoms with Crippen LogP contribution >= 0.6 is 15.9 Å². The molecule has 1 heterocycles. The van der Waals surface area contributed by atoms with Gasteiger partial charge in [-0.25, -0.2) is 0 Å². The van der Waals surface area contributed by atoms with E-state index in [1.54, 1.807) is 7.11 Å². The van der Waals surface area contributed by atoms with Crippen LogP contribution < -0.4 is 4.74 Å². The maximum absolute atomic E-state index is 13.3. The Morgan fingerprint density at radius 3 is 2.48 bits per heavy atom. The second-order valence-electron chi connectivity index (χ2n) is 7.69. The number of H-pyrrole nitrogens is 1. The fraction of sp³-hybridized carbons (Fsp3) is 0.192. The summed E-state index contributed by atoms with van der Waals surface area (Å²) in [7, 11) is 1.67. The Balaban J connectivity index is 1.58. The molecule has 4 aromatic rings. The van der Waals surface area contributed by atoms with Crippen molar-refractivity contribution in [2.24, 2.45) is 0 Å². The van der Waals surface area contributed by atoms with Crippen molar-refractivity contribution in [3.63, 3.8) is 0 Å². The summed E-state index contributed by atoms with van der Waals surface area (Å²) in [5.74, 6) is 0.862. The van der Waals surface area contributed by atoms with Crippen molar-refractivity contribution in [3.05, 3.63) is 99.7 Å². The molecule has 1 aromatic heterocycles. The predicted molar refractivity (Wildman–Crippen MR) is 129 cm³/mol. The average molecular weight is 477 g/mol. The van der Waals surface area contributed by atoms with Gasteiger partial charge < -0.3 is 14.6 Å². The number of nitrogens with one attached hydrogen (secondary N) is 1. The van der Waals surface area contributed by atoms with E-state index in [0.717, 1.165) is 33.1 Å². The molecule has 4 nitrogen and oxygen atoms in total. The van der Waals surface area contributed by atoms with Crippen molar-refractivity contribution in [1.29, 1.82) is 0 Å². The summed E-state index contributed by atoms with van der Waals surface area (Å²) in [5.41, 5.74) is 5.27. The number of fused-ring (bicyclic) bond motifs is 1. The first kappa shape index (κ1) is 21.2. The first-order valence-corrected chi connectivity index (χ1v) is 11.1. The Labute approximate surface area is 191 Å². The van der Waals surface area contributed by atoms with E-state index in [9.17, 15) is 4.79 Å². The molecule has 158 valence electrons. The lowest BCUT2D eigenvalue weighted by Crippen LogP contribution is -2.32. The number of ether oxygens (including phenoxy) is 1. The molecule has 0 saturated heterocycles. The van der Waals surface area contributed by atoms with Crippen molar-refractivity contribution >= 4 is 32.7 Å². The summed E-state index contributed by atoms with van der Waals surface area (Å²) >= 11 is 3.45. The third kappa shape index (κ3) is 5.00. The number of amides is 1. The summed E-state index contributed by atoms with van der Waals surface area (Å²) in [5, 5.41) is 1.13. The summed E-state index contributed by atoms with van der Waals surface area (Å²) in [6, 6.07) is 21.9. The molecule has 0 unspecified atom stereocenters. The molecule has 31 heavy (non-hydrogen) atoms. The van der Waals surface area contributed by atoms with Gasteiger partial charge in [0.25, 0.3) is 5.91 Å². The standard InChI is InChI=1S/C26H25BrN2O2/c1-18-3-5-19(6-4-18)17-29(26(30)20-7-9-22(27)10-8-20)14-13-21-16-28-25-12-11-23(31-2)15-24(21)25/h3-12,15-16,28H,13-14,17H2,1-2H3. The lowest BCUT2D eigenvalue weighted by molar-refractivity contribution is 0.0745. The van der Waals surface area contributed by atoms with Crippen LogP contribution in [0.25, 0.3) is 10.9 Å². The van der Waals surface area contributed by atoms with E-state index in [0.29, 0.717) is 18.7 Å². The molecule has 0 atom stereocenters. The zero-order valence-corrected chi connectivity index (χ0v) is 19.3. The molecule has 1 amide bonds. The van der Waals surface area contributed by atoms with Gasteiger partial charge in [0.2, 0.25) is 0 Å². The number of hydrogen-bond donors (Lipinski definition) is 1. The Morgan fingerprint density at radius 1 is 1.03 bits per heavy atom. The Kier molecular flexibility index (Phi) is 6.42. The zero-order valence-electron chi connectivity index (χ0n) is 17.7. The molecule has 1 N–H and O–H groups in total. The molecule has 0 aliphatic heterocycles. The Bertz CT molecular complexity index is 1180. The van der Waals surface area contributed by atoms with Gasteiger partial charge in [-0.3, -0.25) is 4.79 Å². The molecule has 0 fully saturated rings. The van der Waals surface area contributed by atoms with Crippen molar-refractivity contribution < 1.29 is 9.53 Å². The lowest BCUT2D eigenvalue weighted by atomic mass is 10.1. The highest BCUT2D eigenvalue weighted by Gasteiger charge is 2.17. The van der Waals surface area contributed by atoms with E-state index in [-0.39, 0.29) is 5.91 Å². The van der Waals surface area contributed by atoms with Crippen LogP contribution in [-0.4, -0.2) is 29.4 Å². The SMILES string of the molecule is COc1ccc2[nH]cc(CCN(Cc3ccc(C)cc3)C(=O)c3ccc(Br)cc3)c2c1. The van der Waals surface area contributed by atoms with Crippen molar-refractivity contribution in [1.82, 2.24) is 9.88 Å². The highest BCUT2D eigenvalue weighted by Crippen LogP contribution is 2.24. The van der Waals surface area contributed by atoms with E-state index in [1.807, 2.05) is 53.6 Å². The van der Waals surface area contributed by atoms with Gasteiger partial charge in [-0.2, -0.15) is 0 Å². The number of carbonyl (C=O) groups excluding carboxylic acids is 1. The van der Waals surface area contributed by atoms with Gasteiger partial charge in [-0.15, -0.1) is 0 Å². The first-order chi connectivity index (χ1) is 15.0. The monoisotopic (exact) mass is 476 g/mol. The fourth-order valence-electron chi connectivity index (χ4n) is 3.69. The van der Waals surface area contributed by atoms with Gasteiger partial charge in [0.15, 0.2) is 0 Å². The third-order valence-electron chi connectivity index (χ3n) is 5.50. The van der Waals surface area contributed by atoms with Crippen molar-refractivity contribution in [2.45, 2.75) is 19.9 Å². The minimum Gasteiger partial charge on any atom is -0.497 e. The van der Waals surface area contributed by atoms with Crippen LogP contribution in [0.3, 0.4) is 0 Å². The molecule has 0 aliphatic rings. The van der Waals surface area contributed by atoms with E-state index in [4.69, 9.17) is 4.74 Å². The number of aromatic nitrogens is 1. The van der Waals surface area contributed by atoms with E-state index < -0.39 is 0 Å². The van der Waals surface area contributed by atoms with Crippen LogP contribution in [0.4, 0.5) is 0 Å². The van der Waals surface area contributed by atoms with Crippen LogP contribution in [0.1, 0.15) is 27.0 Å². The summed E-state index contributed by atoms with van der Waals surface area (Å²) in [4.78, 5) is 18.6. The molecule has 0 saturated carbocycles. The van der Waals surface area contributed by atoms with E-state index >= 15 is 0 Å². The van der Waals surface area contributed by atoms with Crippen LogP contribution in [0.5, 0.6) is 5.75 Å². The largest absolute Gasteiger partial charge is 0.497 e. The number of methoxy groups -OCH3 is 1. The van der Waals surface area contributed by atoms with Crippen molar-refractivity contribution in [2.75, 3.05) is 13.7 Å². The number of aryl methyl sites for hydroxylation is 1. The van der Waals surface area contributed by atoms with Gasteiger partial charge in [0, 0.05) is 40.2 Å². The predicted octanol–water partition coefficient (Wildman–Crippen LogP) is 6.13. The Morgan fingerprint density at radius 2 is 1.77 bits per heavy atom. The van der Waals surface area contributed by atoms with Crippen LogP contribution in [-0.2, 0) is 13.0 Å². The molecular formula is C26H25BrN2O2. The molecule has 3 aromatic carbocycles. The normalized spacial score (nSPS) is 10.9. The minimum atomic E-state index is 0.0329. The van der Waals surface area contributed by atoms with Gasteiger partial charge in [-0.05, 0) is 66.9 Å². The van der Waals surface area contributed by atoms with E-state index in [1.165, 1.54) is 11.1 Å². The molecule has 0 spiro atoms. The third-order valence-corrected chi connectivity index (χ3v) is 6.03. The molecule has 5 heteroatoms. The van der Waals surface area contributed by atoms with Gasteiger partial charge in [-0.1, -0.05) is 45.8 Å². The number of benzene rings is 3. The van der Waals surface area contributed by atoms with Gasteiger partial charge in [0.1, 0.15) is 5.75 Å². The quantitative estimate of drug-likeness (QED) is 0.348. The zero-order chi connectivity index (χ0) is 21.8. The summed E-state index contributed by atoms with van der Waals surface area (Å²) < 4.78 is 6.34. The number of aromatic amines is 1. The lowest BCUT2D eigenvalue weighted by Gasteiger charge is -2.23. The smallest absolute Gasteiger partial charge is 0.254 e. The van der Waals surface area contributed by atoms with Gasteiger partial charge >= 0.3 is 0 Å². The van der Waals surface area contributed by atoms with Crippen LogP contribution in [0, 0.1) is 6.92 Å². The summed E-state index contributed by atoms with van der Waals surface area (Å²) in [6.07, 6.45) is 2.78. The molecule has 0 aliphatic carbocycles. The average Bonchev–Trinajstić information content (AvgIpc) is 3.20. The second kappa shape index (κ2) is 9.40. The van der Waals surface area contributed by atoms with Gasteiger partial charge in [0.05, 0.1) is 7.11 Å². The van der Waals surface area contributed by atoms with Crippen LogP contribution in [0.15, 0.2) is 77.4 Å². The molecule has 0 bridgehead atoms. The number of carbonyl (C=O) groups is 1. The minimum absolute atomic E-state index is 0.0329. The van der Waals surface area contributed by atoms with Crippen LogP contribution in [0.2, 0.25) is 0 Å².